The van der Waals surface area contributed by atoms with Crippen LogP contribution in [0.5, 0.6) is 5.75 Å². The maximum Gasteiger partial charge on any atom is 0.338 e. The van der Waals surface area contributed by atoms with E-state index in [1.807, 2.05) is 0 Å². The fraction of sp³-hybridized carbons (Fsp3) is 0.188. The van der Waals surface area contributed by atoms with E-state index in [0.29, 0.717) is 15.8 Å². The molecule has 6 nitrogen and oxygen atoms in total. The summed E-state index contributed by atoms with van der Waals surface area (Å²) in [6, 6.07) is 10.8. The maximum atomic E-state index is 12.0. The van der Waals surface area contributed by atoms with E-state index in [0.717, 1.165) is 6.26 Å². The van der Waals surface area contributed by atoms with Gasteiger partial charge in [-0.3, -0.25) is 4.72 Å². The molecule has 0 heterocycles. The van der Waals surface area contributed by atoms with Crippen molar-refractivity contribution in [3.8, 4) is 5.75 Å². The zero-order chi connectivity index (χ0) is 18.4. The summed E-state index contributed by atoms with van der Waals surface area (Å²) in [6.07, 6.45) is 1.03. The average Bonchev–Trinajstić information content (AvgIpc) is 2.51. The van der Waals surface area contributed by atoms with Gasteiger partial charge in [0.15, 0.2) is 0 Å². The van der Waals surface area contributed by atoms with E-state index in [-0.39, 0.29) is 24.5 Å². The summed E-state index contributed by atoms with van der Waals surface area (Å²) in [5.74, 6) is -0.163. The standard InChI is InChI=1S/C16H15Cl2NO5S/c1-25(21,22)19-13-4-2-3-11(9-13)16(20)24-8-7-23-15-6-5-12(17)10-14(15)18/h2-6,9-10,19H,7-8H2,1H3. The van der Waals surface area contributed by atoms with Crippen LogP contribution in [-0.2, 0) is 14.8 Å². The molecule has 0 atom stereocenters. The van der Waals surface area contributed by atoms with Gasteiger partial charge in [-0.1, -0.05) is 29.3 Å². The fourth-order valence-corrected chi connectivity index (χ4v) is 2.90. The zero-order valence-corrected chi connectivity index (χ0v) is 15.5. The molecular weight excluding hydrogens is 389 g/mol. The number of hydrogen-bond acceptors (Lipinski definition) is 5. The third kappa shape index (κ3) is 6.45. The van der Waals surface area contributed by atoms with Gasteiger partial charge in [-0.25, -0.2) is 13.2 Å². The number of benzene rings is 2. The van der Waals surface area contributed by atoms with Crippen molar-refractivity contribution in [2.45, 2.75) is 0 Å². The van der Waals surface area contributed by atoms with Crippen molar-refractivity contribution in [1.82, 2.24) is 0 Å². The molecule has 1 N–H and O–H groups in total. The second-order valence-corrected chi connectivity index (χ2v) is 7.61. The largest absolute Gasteiger partial charge is 0.488 e. The van der Waals surface area contributed by atoms with Crippen molar-refractivity contribution < 1.29 is 22.7 Å². The monoisotopic (exact) mass is 403 g/mol. The van der Waals surface area contributed by atoms with E-state index >= 15 is 0 Å². The van der Waals surface area contributed by atoms with Crippen LogP contribution in [0, 0.1) is 0 Å². The van der Waals surface area contributed by atoms with Gasteiger partial charge in [0.05, 0.1) is 16.8 Å². The molecule has 0 aliphatic carbocycles. The smallest absolute Gasteiger partial charge is 0.338 e. The Morgan fingerprint density at radius 3 is 2.56 bits per heavy atom. The normalized spacial score (nSPS) is 11.0. The first-order valence-corrected chi connectivity index (χ1v) is 9.72. The Kier molecular flexibility index (Phi) is 6.52. The van der Waals surface area contributed by atoms with Gasteiger partial charge in [0, 0.05) is 10.7 Å². The summed E-state index contributed by atoms with van der Waals surface area (Å²) in [4.78, 5) is 12.0. The Morgan fingerprint density at radius 2 is 1.88 bits per heavy atom. The number of sulfonamides is 1. The van der Waals surface area contributed by atoms with E-state index in [1.165, 1.54) is 18.2 Å². The number of nitrogens with one attached hydrogen (secondary N) is 1. The van der Waals surface area contributed by atoms with Crippen LogP contribution in [0.1, 0.15) is 10.4 Å². The van der Waals surface area contributed by atoms with Crippen LogP contribution in [0.15, 0.2) is 42.5 Å². The molecule has 25 heavy (non-hydrogen) atoms. The lowest BCUT2D eigenvalue weighted by atomic mass is 10.2. The first-order chi connectivity index (χ1) is 11.7. The first kappa shape index (κ1) is 19.4. The number of carbonyl (C=O) groups is 1. The molecule has 0 amide bonds. The minimum absolute atomic E-state index is 0.00151. The summed E-state index contributed by atoms with van der Waals surface area (Å²) >= 11 is 11.8. The fourth-order valence-electron chi connectivity index (χ4n) is 1.89. The minimum Gasteiger partial charge on any atom is -0.488 e. The molecule has 2 aromatic rings. The second kappa shape index (κ2) is 8.42. The molecule has 2 rings (SSSR count). The highest BCUT2D eigenvalue weighted by atomic mass is 35.5. The van der Waals surface area contributed by atoms with Gasteiger partial charge >= 0.3 is 5.97 Å². The molecule has 2 aromatic carbocycles. The Balaban J connectivity index is 1.87. The SMILES string of the molecule is CS(=O)(=O)Nc1cccc(C(=O)OCCOc2ccc(Cl)cc2Cl)c1. The van der Waals surface area contributed by atoms with E-state index in [2.05, 4.69) is 4.72 Å². The predicted molar refractivity (Wildman–Crippen MR) is 97.1 cm³/mol. The van der Waals surface area contributed by atoms with Gasteiger partial charge in [0.2, 0.25) is 10.0 Å². The summed E-state index contributed by atoms with van der Waals surface area (Å²) in [6.45, 7) is 0.107. The molecule has 0 bridgehead atoms. The molecular formula is C16H15Cl2NO5S. The number of hydrogen-bond donors (Lipinski definition) is 1. The van der Waals surface area contributed by atoms with Crippen LogP contribution in [0.2, 0.25) is 10.0 Å². The van der Waals surface area contributed by atoms with E-state index in [4.69, 9.17) is 32.7 Å². The van der Waals surface area contributed by atoms with E-state index < -0.39 is 16.0 Å². The van der Waals surface area contributed by atoms with E-state index in [9.17, 15) is 13.2 Å². The molecule has 0 fully saturated rings. The average molecular weight is 404 g/mol. The maximum absolute atomic E-state index is 12.0. The second-order valence-electron chi connectivity index (χ2n) is 5.01. The Bertz CT molecular complexity index is 871. The topological polar surface area (TPSA) is 81.7 Å². The van der Waals surface area contributed by atoms with E-state index in [1.54, 1.807) is 24.3 Å². The van der Waals surface area contributed by atoms with Gasteiger partial charge in [0.25, 0.3) is 0 Å². The van der Waals surface area contributed by atoms with Gasteiger partial charge in [-0.2, -0.15) is 0 Å². The Hall–Kier alpha value is -1.96. The molecule has 0 aliphatic heterocycles. The van der Waals surface area contributed by atoms with Gasteiger partial charge < -0.3 is 9.47 Å². The first-order valence-electron chi connectivity index (χ1n) is 7.07. The van der Waals surface area contributed by atoms with Crippen molar-refractivity contribution >= 4 is 44.9 Å². The lowest BCUT2D eigenvalue weighted by Crippen LogP contribution is -2.13. The quantitative estimate of drug-likeness (QED) is 0.563. The van der Waals surface area contributed by atoms with Gasteiger partial charge in [-0.15, -0.1) is 0 Å². The van der Waals surface area contributed by atoms with Crippen LogP contribution < -0.4 is 9.46 Å². The van der Waals surface area contributed by atoms with Crippen molar-refractivity contribution in [3.05, 3.63) is 58.1 Å². The van der Waals surface area contributed by atoms with Crippen LogP contribution in [0.3, 0.4) is 0 Å². The molecule has 0 aromatic heterocycles. The number of carbonyl (C=O) groups excluding carboxylic acids is 1. The van der Waals surface area contributed by atoms with Crippen molar-refractivity contribution in [1.29, 1.82) is 0 Å². The lowest BCUT2D eigenvalue weighted by molar-refractivity contribution is 0.0450. The molecule has 0 saturated carbocycles. The molecule has 0 unspecified atom stereocenters. The Labute approximate surface area is 155 Å². The van der Waals surface area contributed by atoms with Gasteiger partial charge in [-0.05, 0) is 36.4 Å². The number of rotatable bonds is 7. The number of ether oxygens (including phenoxy) is 2. The minimum atomic E-state index is -3.42. The van der Waals surface area contributed by atoms with Crippen LogP contribution in [0.4, 0.5) is 5.69 Å². The highest BCUT2D eigenvalue weighted by Gasteiger charge is 2.10. The summed E-state index contributed by atoms with van der Waals surface area (Å²) in [5, 5.41) is 0.852. The highest BCUT2D eigenvalue weighted by Crippen LogP contribution is 2.27. The molecule has 9 heteroatoms. The molecule has 134 valence electrons. The third-order valence-electron chi connectivity index (χ3n) is 2.87. The highest BCUT2D eigenvalue weighted by molar-refractivity contribution is 7.92. The summed E-state index contributed by atoms with van der Waals surface area (Å²) in [5.41, 5.74) is 0.499. The van der Waals surface area contributed by atoms with Crippen molar-refractivity contribution in [3.63, 3.8) is 0 Å². The Morgan fingerprint density at radius 1 is 1.12 bits per heavy atom. The van der Waals surface area contributed by atoms with Crippen molar-refractivity contribution in [2.75, 3.05) is 24.2 Å². The zero-order valence-electron chi connectivity index (χ0n) is 13.2. The van der Waals surface area contributed by atoms with Crippen LogP contribution in [-0.4, -0.2) is 33.9 Å². The summed E-state index contributed by atoms with van der Waals surface area (Å²) in [7, 11) is -3.42. The van der Waals surface area contributed by atoms with Crippen LogP contribution in [0.25, 0.3) is 0 Å². The molecule has 0 saturated heterocycles. The lowest BCUT2D eigenvalue weighted by Gasteiger charge is -2.10. The molecule has 0 radical (unpaired) electrons. The number of halogens is 2. The number of anilines is 1. The summed E-state index contributed by atoms with van der Waals surface area (Å²) < 4.78 is 35.2. The van der Waals surface area contributed by atoms with Gasteiger partial charge in [0.1, 0.15) is 19.0 Å². The predicted octanol–water partition coefficient (Wildman–Crippen LogP) is 3.60. The third-order valence-corrected chi connectivity index (χ3v) is 4.01. The number of esters is 1. The van der Waals surface area contributed by atoms with Crippen LogP contribution >= 0.6 is 23.2 Å². The van der Waals surface area contributed by atoms with Crippen molar-refractivity contribution in [2.24, 2.45) is 0 Å². The molecule has 0 spiro atoms. The molecule has 0 aliphatic rings.